The average molecular weight is 216 g/mol. The smallest absolute Gasteiger partial charge is 0.137 e. The normalized spacial score (nSPS) is 10.9. The maximum atomic E-state index is 11.2. The molecule has 1 aromatic heterocycles. The Morgan fingerprint density at radius 2 is 2.19 bits per heavy atom. The Hall–Kier alpha value is -1.57. The number of carbonyl (C=O) groups excluding carboxylic acids is 1. The van der Waals surface area contributed by atoms with E-state index in [4.69, 9.17) is 4.42 Å². The second kappa shape index (κ2) is 4.52. The van der Waals surface area contributed by atoms with Gasteiger partial charge in [-0.25, -0.2) is 0 Å². The Kier molecular flexibility index (Phi) is 3.09. The van der Waals surface area contributed by atoms with Crippen molar-refractivity contribution in [2.24, 2.45) is 0 Å². The van der Waals surface area contributed by atoms with E-state index in [0.717, 1.165) is 22.3 Å². The van der Waals surface area contributed by atoms with Gasteiger partial charge in [0.2, 0.25) is 0 Å². The van der Waals surface area contributed by atoms with Crippen molar-refractivity contribution in [3.05, 3.63) is 35.6 Å². The summed E-state index contributed by atoms with van der Waals surface area (Å²) in [6.07, 6.45) is 1.90. The van der Waals surface area contributed by atoms with Gasteiger partial charge in [0.25, 0.3) is 0 Å². The Morgan fingerprint density at radius 3 is 2.88 bits per heavy atom. The number of carbonyl (C=O) groups is 1. The van der Waals surface area contributed by atoms with Crippen molar-refractivity contribution in [3.8, 4) is 0 Å². The fraction of sp³-hybridized carbons (Fsp3) is 0.357. The van der Waals surface area contributed by atoms with Crippen molar-refractivity contribution in [1.82, 2.24) is 0 Å². The van der Waals surface area contributed by atoms with Crippen molar-refractivity contribution in [1.29, 1.82) is 0 Å². The highest BCUT2D eigenvalue weighted by atomic mass is 16.3. The van der Waals surface area contributed by atoms with Gasteiger partial charge in [-0.2, -0.15) is 0 Å². The molecule has 0 radical (unpaired) electrons. The molecule has 0 bridgehead atoms. The minimum Gasteiger partial charge on any atom is -0.461 e. The first-order valence-electron chi connectivity index (χ1n) is 5.70. The fourth-order valence-corrected chi connectivity index (χ4v) is 1.82. The maximum absolute atomic E-state index is 11.2. The number of furan rings is 1. The molecule has 2 rings (SSSR count). The zero-order valence-corrected chi connectivity index (χ0v) is 9.75. The largest absolute Gasteiger partial charge is 0.461 e. The molecule has 0 aliphatic rings. The van der Waals surface area contributed by atoms with Crippen LogP contribution in [0.4, 0.5) is 0 Å². The van der Waals surface area contributed by atoms with Gasteiger partial charge in [0.15, 0.2) is 0 Å². The second-order valence-corrected chi connectivity index (χ2v) is 4.10. The van der Waals surface area contributed by atoms with E-state index in [9.17, 15) is 4.79 Å². The van der Waals surface area contributed by atoms with E-state index < -0.39 is 0 Å². The predicted octanol–water partition coefficient (Wildman–Crippen LogP) is 3.65. The van der Waals surface area contributed by atoms with Crippen LogP contribution in [0.15, 0.2) is 28.7 Å². The summed E-state index contributed by atoms with van der Waals surface area (Å²) in [7, 11) is 0. The minimum atomic E-state index is 0.289. The number of para-hydroxylation sites is 1. The second-order valence-electron chi connectivity index (χ2n) is 4.10. The highest BCUT2D eigenvalue weighted by Gasteiger charge is 2.07. The molecule has 0 unspecified atom stereocenters. The lowest BCUT2D eigenvalue weighted by Crippen LogP contribution is -1.96. The van der Waals surface area contributed by atoms with Crippen LogP contribution in [0.5, 0.6) is 0 Å². The van der Waals surface area contributed by atoms with Crippen molar-refractivity contribution < 1.29 is 9.21 Å². The van der Waals surface area contributed by atoms with Gasteiger partial charge in [-0.3, -0.25) is 4.79 Å². The standard InChI is InChI=1S/C14H16O2/c1-3-12(15)7-8-13-9-11-6-4-5-10(2)14(11)16-13/h4-6,9H,3,7-8H2,1-2H3. The summed E-state index contributed by atoms with van der Waals surface area (Å²) < 4.78 is 5.74. The van der Waals surface area contributed by atoms with E-state index in [2.05, 4.69) is 0 Å². The molecule has 0 spiro atoms. The lowest BCUT2D eigenvalue weighted by Gasteiger charge is -1.95. The molecule has 0 N–H and O–H groups in total. The number of rotatable bonds is 4. The average Bonchev–Trinajstić information content (AvgIpc) is 2.70. The van der Waals surface area contributed by atoms with Crippen LogP contribution in [0.1, 0.15) is 31.1 Å². The molecule has 2 nitrogen and oxygen atoms in total. The quantitative estimate of drug-likeness (QED) is 0.780. The number of benzene rings is 1. The summed E-state index contributed by atoms with van der Waals surface area (Å²) in [5, 5.41) is 1.12. The van der Waals surface area contributed by atoms with Crippen molar-refractivity contribution in [2.75, 3.05) is 0 Å². The Labute approximate surface area is 95.3 Å². The predicted molar refractivity (Wildman–Crippen MR) is 64.6 cm³/mol. The van der Waals surface area contributed by atoms with Crippen molar-refractivity contribution in [3.63, 3.8) is 0 Å². The molecule has 0 saturated heterocycles. The first kappa shape index (κ1) is 10.9. The van der Waals surface area contributed by atoms with Crippen LogP contribution in [-0.2, 0) is 11.2 Å². The number of aryl methyl sites for hydroxylation is 2. The summed E-state index contributed by atoms with van der Waals surface area (Å²) in [6, 6.07) is 8.13. The molecule has 0 fully saturated rings. The SMILES string of the molecule is CCC(=O)CCc1cc2cccc(C)c2o1. The summed E-state index contributed by atoms with van der Waals surface area (Å²) in [5.41, 5.74) is 2.09. The van der Waals surface area contributed by atoms with Crippen LogP contribution >= 0.6 is 0 Å². The van der Waals surface area contributed by atoms with Gasteiger partial charge in [-0.05, 0) is 18.6 Å². The third-order valence-electron chi connectivity index (χ3n) is 2.84. The Balaban J connectivity index is 2.20. The van der Waals surface area contributed by atoms with E-state index in [1.54, 1.807) is 0 Å². The number of Topliss-reactive ketones (excluding diaryl/α,β-unsaturated/α-hetero) is 1. The van der Waals surface area contributed by atoms with Crippen LogP contribution in [0.3, 0.4) is 0 Å². The number of fused-ring (bicyclic) bond motifs is 1. The number of hydrogen-bond acceptors (Lipinski definition) is 2. The highest BCUT2D eigenvalue weighted by molar-refractivity contribution is 5.81. The lowest BCUT2D eigenvalue weighted by molar-refractivity contribution is -0.118. The monoisotopic (exact) mass is 216 g/mol. The molecule has 0 aliphatic heterocycles. The molecular formula is C14H16O2. The van der Waals surface area contributed by atoms with Gasteiger partial charge in [0.1, 0.15) is 17.1 Å². The maximum Gasteiger partial charge on any atom is 0.137 e. The van der Waals surface area contributed by atoms with E-state index in [-0.39, 0.29) is 5.78 Å². The van der Waals surface area contributed by atoms with Crippen LogP contribution < -0.4 is 0 Å². The van der Waals surface area contributed by atoms with Gasteiger partial charge >= 0.3 is 0 Å². The lowest BCUT2D eigenvalue weighted by atomic mass is 10.1. The Bertz CT molecular complexity index is 508. The van der Waals surface area contributed by atoms with Gasteiger partial charge in [0.05, 0.1) is 0 Å². The van der Waals surface area contributed by atoms with E-state index in [0.29, 0.717) is 19.3 Å². The molecule has 0 atom stereocenters. The summed E-state index contributed by atoms with van der Waals surface area (Å²) in [5.74, 6) is 1.20. The molecule has 1 heterocycles. The molecule has 84 valence electrons. The third-order valence-corrected chi connectivity index (χ3v) is 2.84. The Morgan fingerprint density at radius 1 is 1.38 bits per heavy atom. The topological polar surface area (TPSA) is 30.2 Å². The number of ketones is 1. The zero-order valence-electron chi connectivity index (χ0n) is 9.75. The molecule has 2 heteroatoms. The van der Waals surface area contributed by atoms with Crippen LogP contribution in [0.2, 0.25) is 0 Å². The molecule has 2 aromatic rings. The van der Waals surface area contributed by atoms with E-state index in [1.807, 2.05) is 38.1 Å². The van der Waals surface area contributed by atoms with Gasteiger partial charge in [-0.15, -0.1) is 0 Å². The van der Waals surface area contributed by atoms with Gasteiger partial charge < -0.3 is 4.42 Å². The minimum absolute atomic E-state index is 0.289. The van der Waals surface area contributed by atoms with Crippen molar-refractivity contribution in [2.45, 2.75) is 33.1 Å². The number of hydrogen-bond donors (Lipinski definition) is 0. The van der Waals surface area contributed by atoms with E-state index in [1.165, 1.54) is 0 Å². The highest BCUT2D eigenvalue weighted by Crippen LogP contribution is 2.23. The summed E-state index contributed by atoms with van der Waals surface area (Å²) in [4.78, 5) is 11.2. The molecule has 0 amide bonds. The first-order chi connectivity index (χ1) is 7.70. The van der Waals surface area contributed by atoms with Gasteiger partial charge in [0, 0.05) is 24.6 Å². The molecule has 1 aromatic carbocycles. The van der Waals surface area contributed by atoms with Crippen LogP contribution in [-0.4, -0.2) is 5.78 Å². The van der Waals surface area contributed by atoms with Crippen LogP contribution in [0, 0.1) is 6.92 Å². The zero-order chi connectivity index (χ0) is 11.5. The molecule has 0 saturated carbocycles. The van der Waals surface area contributed by atoms with Gasteiger partial charge in [-0.1, -0.05) is 25.1 Å². The van der Waals surface area contributed by atoms with Crippen LogP contribution in [0.25, 0.3) is 11.0 Å². The van der Waals surface area contributed by atoms with E-state index >= 15 is 0 Å². The molecule has 16 heavy (non-hydrogen) atoms. The summed E-state index contributed by atoms with van der Waals surface area (Å²) in [6.45, 7) is 3.93. The molecule has 0 aliphatic carbocycles. The first-order valence-corrected chi connectivity index (χ1v) is 5.70. The third kappa shape index (κ3) is 2.16. The fourth-order valence-electron chi connectivity index (χ4n) is 1.82. The molecular weight excluding hydrogens is 200 g/mol. The summed E-state index contributed by atoms with van der Waals surface area (Å²) >= 11 is 0. The van der Waals surface area contributed by atoms with Crippen molar-refractivity contribution >= 4 is 16.8 Å².